The molecule has 1 aromatic carbocycles. The number of hydrogen-bond donors (Lipinski definition) is 2. The molecule has 0 aliphatic carbocycles. The summed E-state index contributed by atoms with van der Waals surface area (Å²) in [5.74, 6) is 0.702. The van der Waals surface area contributed by atoms with Crippen LogP contribution < -0.4 is 14.8 Å². The van der Waals surface area contributed by atoms with E-state index in [1.54, 1.807) is 7.05 Å². The number of ether oxygens (including phenoxy) is 2. The Morgan fingerprint density at radius 3 is 2.79 bits per heavy atom. The molecule has 1 aliphatic heterocycles. The molecule has 1 unspecified atom stereocenters. The summed E-state index contributed by atoms with van der Waals surface area (Å²) in [4.78, 5) is 10.9. The Balaban J connectivity index is 2.01. The number of rotatable bonds is 5. The molecule has 0 amide bonds. The van der Waals surface area contributed by atoms with E-state index >= 15 is 0 Å². The number of nitrogens with one attached hydrogen (secondary N) is 1. The molecular weight excluding hydrogens is 246 g/mol. The van der Waals surface area contributed by atoms with Gasteiger partial charge in [0.05, 0.1) is 13.2 Å². The van der Waals surface area contributed by atoms with Crippen LogP contribution in [0.15, 0.2) is 18.2 Å². The topological polar surface area (TPSA) is 67.8 Å². The monoisotopic (exact) mass is 265 g/mol. The molecule has 0 bridgehead atoms. The van der Waals surface area contributed by atoms with Gasteiger partial charge in [0.2, 0.25) is 0 Å². The largest absolute Gasteiger partial charge is 0.490 e. The first-order valence-electron chi connectivity index (χ1n) is 6.49. The van der Waals surface area contributed by atoms with Gasteiger partial charge in [-0.25, -0.2) is 0 Å². The molecule has 0 fully saturated rings. The third-order valence-corrected chi connectivity index (χ3v) is 3.18. The quantitative estimate of drug-likeness (QED) is 0.843. The molecule has 0 saturated heterocycles. The number of aryl methyl sites for hydroxylation is 1. The summed E-state index contributed by atoms with van der Waals surface area (Å²) >= 11 is 0. The van der Waals surface area contributed by atoms with Crippen molar-refractivity contribution in [1.29, 1.82) is 0 Å². The number of likely N-dealkylation sites (N-methyl/N-ethyl adjacent to an activating group) is 1. The molecule has 1 heterocycles. The number of fused-ring (bicyclic) bond motifs is 1. The number of benzene rings is 1. The van der Waals surface area contributed by atoms with Crippen LogP contribution in [0.2, 0.25) is 0 Å². The van der Waals surface area contributed by atoms with E-state index in [0.29, 0.717) is 26.1 Å². The summed E-state index contributed by atoms with van der Waals surface area (Å²) in [5.41, 5.74) is 1.06. The Morgan fingerprint density at radius 2 is 2.11 bits per heavy atom. The van der Waals surface area contributed by atoms with Gasteiger partial charge in [-0.3, -0.25) is 4.79 Å². The maximum absolute atomic E-state index is 10.9. The molecule has 5 nitrogen and oxygen atoms in total. The zero-order chi connectivity index (χ0) is 13.7. The average molecular weight is 265 g/mol. The summed E-state index contributed by atoms with van der Waals surface area (Å²) in [6, 6.07) is 5.28. The lowest BCUT2D eigenvalue weighted by molar-refractivity contribution is -0.139. The molecule has 1 aliphatic rings. The second-order valence-electron chi connectivity index (χ2n) is 4.55. The SMILES string of the molecule is CNC(CCc1ccc2c(c1)OCCCO2)C(=O)O. The Hall–Kier alpha value is -1.75. The number of aliphatic carboxylic acids is 1. The molecule has 19 heavy (non-hydrogen) atoms. The molecule has 0 radical (unpaired) electrons. The van der Waals surface area contributed by atoms with Crippen molar-refractivity contribution in [3.8, 4) is 11.5 Å². The van der Waals surface area contributed by atoms with E-state index in [1.165, 1.54) is 0 Å². The fraction of sp³-hybridized carbons (Fsp3) is 0.500. The van der Waals surface area contributed by atoms with Crippen LogP contribution >= 0.6 is 0 Å². The van der Waals surface area contributed by atoms with E-state index in [-0.39, 0.29) is 0 Å². The summed E-state index contributed by atoms with van der Waals surface area (Å²) in [6.45, 7) is 1.33. The predicted octanol–water partition coefficient (Wildman–Crippen LogP) is 1.45. The van der Waals surface area contributed by atoms with Gasteiger partial charge in [-0.2, -0.15) is 0 Å². The smallest absolute Gasteiger partial charge is 0.320 e. The third kappa shape index (κ3) is 3.61. The Kier molecular flexibility index (Phi) is 4.63. The number of carboxylic acids is 1. The van der Waals surface area contributed by atoms with E-state index < -0.39 is 12.0 Å². The highest BCUT2D eigenvalue weighted by Gasteiger charge is 2.15. The van der Waals surface area contributed by atoms with Crippen molar-refractivity contribution in [1.82, 2.24) is 5.32 Å². The molecular formula is C14H19NO4. The van der Waals surface area contributed by atoms with Crippen molar-refractivity contribution >= 4 is 5.97 Å². The normalized spacial score (nSPS) is 15.6. The van der Waals surface area contributed by atoms with Gasteiger partial charge < -0.3 is 19.9 Å². The molecule has 1 aromatic rings. The summed E-state index contributed by atoms with van der Waals surface area (Å²) < 4.78 is 11.2. The van der Waals surface area contributed by atoms with Crippen LogP contribution in [0, 0.1) is 0 Å². The Morgan fingerprint density at radius 1 is 1.37 bits per heavy atom. The molecule has 104 valence electrons. The number of carbonyl (C=O) groups is 1. The first kappa shape index (κ1) is 13.7. The predicted molar refractivity (Wildman–Crippen MR) is 70.9 cm³/mol. The first-order chi connectivity index (χ1) is 9.20. The van der Waals surface area contributed by atoms with E-state index in [1.807, 2.05) is 18.2 Å². The number of hydrogen-bond acceptors (Lipinski definition) is 4. The zero-order valence-corrected chi connectivity index (χ0v) is 11.0. The van der Waals surface area contributed by atoms with Crippen LogP contribution in [-0.2, 0) is 11.2 Å². The first-order valence-corrected chi connectivity index (χ1v) is 6.49. The average Bonchev–Trinajstić information content (AvgIpc) is 2.63. The van der Waals surface area contributed by atoms with Crippen LogP contribution in [0.3, 0.4) is 0 Å². The lowest BCUT2D eigenvalue weighted by Gasteiger charge is -2.12. The van der Waals surface area contributed by atoms with Crippen molar-refractivity contribution in [2.24, 2.45) is 0 Å². The molecule has 0 saturated carbocycles. The maximum Gasteiger partial charge on any atom is 0.320 e. The summed E-state index contributed by atoms with van der Waals surface area (Å²) in [5, 5.41) is 11.8. The van der Waals surface area contributed by atoms with E-state index in [0.717, 1.165) is 23.5 Å². The number of carboxylic acid groups (broad SMARTS) is 1. The standard InChI is InChI=1S/C14H19NO4/c1-15-11(14(16)17)5-3-10-4-6-12-13(9-10)19-8-2-7-18-12/h4,6,9,11,15H,2-3,5,7-8H2,1H3,(H,16,17). The van der Waals surface area contributed by atoms with Crippen LogP contribution in [0.1, 0.15) is 18.4 Å². The van der Waals surface area contributed by atoms with Crippen LogP contribution in [0.4, 0.5) is 0 Å². The van der Waals surface area contributed by atoms with E-state index in [9.17, 15) is 4.79 Å². The fourth-order valence-corrected chi connectivity index (χ4v) is 2.07. The fourth-order valence-electron chi connectivity index (χ4n) is 2.07. The maximum atomic E-state index is 10.9. The summed E-state index contributed by atoms with van der Waals surface area (Å²) in [6.07, 6.45) is 2.12. The van der Waals surface area contributed by atoms with Crippen molar-refractivity contribution in [3.63, 3.8) is 0 Å². The van der Waals surface area contributed by atoms with Crippen LogP contribution in [0.25, 0.3) is 0 Å². The molecule has 0 spiro atoms. The highest BCUT2D eigenvalue weighted by Crippen LogP contribution is 2.30. The highest BCUT2D eigenvalue weighted by atomic mass is 16.5. The van der Waals surface area contributed by atoms with Gasteiger partial charge in [-0.15, -0.1) is 0 Å². The molecule has 2 N–H and O–H groups in total. The van der Waals surface area contributed by atoms with Crippen LogP contribution in [-0.4, -0.2) is 37.4 Å². The van der Waals surface area contributed by atoms with Crippen molar-refractivity contribution in [3.05, 3.63) is 23.8 Å². The van der Waals surface area contributed by atoms with Gasteiger partial charge >= 0.3 is 5.97 Å². The minimum atomic E-state index is -0.822. The molecule has 5 heteroatoms. The third-order valence-electron chi connectivity index (χ3n) is 3.18. The minimum absolute atomic E-state index is 0.518. The van der Waals surface area contributed by atoms with E-state index in [2.05, 4.69) is 5.32 Å². The lowest BCUT2D eigenvalue weighted by Crippen LogP contribution is -2.34. The van der Waals surface area contributed by atoms with E-state index in [4.69, 9.17) is 14.6 Å². The molecule has 1 atom stereocenters. The Labute approximate surface area is 112 Å². The Bertz CT molecular complexity index is 447. The summed E-state index contributed by atoms with van der Waals surface area (Å²) in [7, 11) is 1.66. The van der Waals surface area contributed by atoms with Gasteiger partial charge in [-0.05, 0) is 37.6 Å². The van der Waals surface area contributed by atoms with Gasteiger partial charge in [0, 0.05) is 6.42 Å². The van der Waals surface area contributed by atoms with Crippen molar-refractivity contribution < 1.29 is 19.4 Å². The van der Waals surface area contributed by atoms with Crippen molar-refractivity contribution in [2.75, 3.05) is 20.3 Å². The zero-order valence-electron chi connectivity index (χ0n) is 11.0. The minimum Gasteiger partial charge on any atom is -0.490 e. The molecule has 2 rings (SSSR count). The van der Waals surface area contributed by atoms with Gasteiger partial charge in [0.25, 0.3) is 0 Å². The second kappa shape index (κ2) is 6.43. The highest BCUT2D eigenvalue weighted by molar-refractivity contribution is 5.73. The van der Waals surface area contributed by atoms with Gasteiger partial charge in [0.1, 0.15) is 6.04 Å². The lowest BCUT2D eigenvalue weighted by atomic mass is 10.0. The second-order valence-corrected chi connectivity index (χ2v) is 4.55. The molecule has 0 aromatic heterocycles. The van der Waals surface area contributed by atoms with Crippen molar-refractivity contribution in [2.45, 2.75) is 25.3 Å². The van der Waals surface area contributed by atoms with Crippen LogP contribution in [0.5, 0.6) is 11.5 Å². The van der Waals surface area contributed by atoms with Gasteiger partial charge in [0.15, 0.2) is 11.5 Å². The van der Waals surface area contributed by atoms with Gasteiger partial charge in [-0.1, -0.05) is 6.07 Å².